The second-order valence-corrected chi connectivity index (χ2v) is 5.64. The molecule has 0 heterocycles. The second-order valence-electron chi connectivity index (χ2n) is 4.02. The molecule has 0 aliphatic carbocycles. The van der Waals surface area contributed by atoms with Crippen molar-refractivity contribution in [3.05, 3.63) is 0 Å². The fourth-order valence-electron chi connectivity index (χ4n) is 1.09. The number of rotatable bonds is 7. The van der Waals surface area contributed by atoms with Gasteiger partial charge in [-0.05, 0) is 18.8 Å². The maximum atomic E-state index is 11.4. The van der Waals surface area contributed by atoms with Crippen LogP contribution in [0.5, 0.6) is 0 Å². The fraction of sp³-hybridized carbons (Fsp3) is 1.00. The molecule has 2 N–H and O–H groups in total. The normalized spacial score (nSPS) is 16.1. The molecule has 2 unspecified atom stereocenters. The molecule has 0 aliphatic heterocycles. The van der Waals surface area contributed by atoms with Crippen LogP contribution in [-0.2, 0) is 10.8 Å². The SMILES string of the molecule is CCC(N)CS(=O)CCCC(C)C. The van der Waals surface area contributed by atoms with Crippen molar-refractivity contribution in [3.8, 4) is 0 Å². The zero-order valence-electron chi connectivity index (χ0n) is 9.08. The predicted molar refractivity (Wildman–Crippen MR) is 60.2 cm³/mol. The summed E-state index contributed by atoms with van der Waals surface area (Å²) in [5, 5.41) is 0. The molecule has 13 heavy (non-hydrogen) atoms. The molecule has 0 saturated carbocycles. The maximum absolute atomic E-state index is 11.4. The number of nitrogens with two attached hydrogens (primary N) is 1. The highest BCUT2D eigenvalue weighted by Gasteiger charge is 2.05. The van der Waals surface area contributed by atoms with Gasteiger partial charge in [-0.1, -0.05) is 27.2 Å². The molecule has 2 nitrogen and oxygen atoms in total. The summed E-state index contributed by atoms with van der Waals surface area (Å²) in [6.07, 6.45) is 3.17. The van der Waals surface area contributed by atoms with E-state index < -0.39 is 10.8 Å². The van der Waals surface area contributed by atoms with Crippen molar-refractivity contribution in [3.63, 3.8) is 0 Å². The Hall–Kier alpha value is 0.110. The minimum atomic E-state index is -0.691. The molecule has 0 bridgehead atoms. The van der Waals surface area contributed by atoms with Crippen LogP contribution in [0, 0.1) is 5.92 Å². The largest absolute Gasteiger partial charge is 0.327 e. The Morgan fingerprint density at radius 1 is 1.38 bits per heavy atom. The summed E-state index contributed by atoms with van der Waals surface area (Å²) in [6, 6.07) is 0.125. The van der Waals surface area contributed by atoms with Crippen LogP contribution < -0.4 is 5.73 Å². The summed E-state index contributed by atoms with van der Waals surface area (Å²) in [7, 11) is -0.691. The summed E-state index contributed by atoms with van der Waals surface area (Å²) in [4.78, 5) is 0. The topological polar surface area (TPSA) is 43.1 Å². The number of hydrogen-bond acceptors (Lipinski definition) is 2. The van der Waals surface area contributed by atoms with Crippen LogP contribution in [-0.4, -0.2) is 21.8 Å². The van der Waals surface area contributed by atoms with Crippen LogP contribution in [0.25, 0.3) is 0 Å². The van der Waals surface area contributed by atoms with Gasteiger partial charge in [-0.3, -0.25) is 4.21 Å². The van der Waals surface area contributed by atoms with E-state index in [1.807, 2.05) is 6.92 Å². The van der Waals surface area contributed by atoms with Crippen LogP contribution in [0.4, 0.5) is 0 Å². The van der Waals surface area contributed by atoms with Crippen LogP contribution >= 0.6 is 0 Å². The van der Waals surface area contributed by atoms with E-state index in [9.17, 15) is 4.21 Å². The molecule has 0 aromatic carbocycles. The molecule has 0 aliphatic rings. The molecular weight excluding hydrogens is 182 g/mol. The Bertz CT molecular complexity index is 148. The summed E-state index contributed by atoms with van der Waals surface area (Å²) in [6.45, 7) is 6.43. The lowest BCUT2D eigenvalue weighted by atomic mass is 10.1. The second kappa shape index (κ2) is 7.51. The third kappa shape index (κ3) is 8.44. The van der Waals surface area contributed by atoms with E-state index in [0.717, 1.165) is 24.5 Å². The molecule has 0 aromatic heterocycles. The Morgan fingerprint density at radius 3 is 2.46 bits per heavy atom. The molecule has 0 radical (unpaired) electrons. The van der Waals surface area contributed by atoms with Crippen LogP contribution in [0.2, 0.25) is 0 Å². The van der Waals surface area contributed by atoms with E-state index in [4.69, 9.17) is 5.73 Å². The van der Waals surface area contributed by atoms with E-state index in [2.05, 4.69) is 13.8 Å². The maximum Gasteiger partial charge on any atom is 0.0386 e. The van der Waals surface area contributed by atoms with E-state index >= 15 is 0 Å². The summed E-state index contributed by atoms with van der Waals surface area (Å²) < 4.78 is 11.4. The van der Waals surface area contributed by atoms with Gasteiger partial charge < -0.3 is 5.73 Å². The summed E-state index contributed by atoms with van der Waals surface area (Å²) >= 11 is 0. The van der Waals surface area contributed by atoms with Gasteiger partial charge in [0.05, 0.1) is 0 Å². The minimum Gasteiger partial charge on any atom is -0.327 e. The van der Waals surface area contributed by atoms with Gasteiger partial charge in [0.1, 0.15) is 0 Å². The van der Waals surface area contributed by atoms with Crippen molar-refractivity contribution in [1.29, 1.82) is 0 Å². The zero-order chi connectivity index (χ0) is 10.3. The van der Waals surface area contributed by atoms with Crippen LogP contribution in [0.1, 0.15) is 40.0 Å². The van der Waals surface area contributed by atoms with Crippen molar-refractivity contribution in [2.75, 3.05) is 11.5 Å². The number of hydrogen-bond donors (Lipinski definition) is 1. The molecule has 3 heteroatoms. The van der Waals surface area contributed by atoms with Crippen molar-refractivity contribution < 1.29 is 4.21 Å². The highest BCUT2D eigenvalue weighted by Crippen LogP contribution is 2.04. The Balaban J connectivity index is 3.41. The first-order valence-corrected chi connectivity index (χ1v) is 6.65. The molecule has 0 rings (SSSR count). The van der Waals surface area contributed by atoms with Gasteiger partial charge in [0, 0.05) is 28.3 Å². The summed E-state index contributed by atoms with van der Waals surface area (Å²) in [5.41, 5.74) is 5.71. The van der Waals surface area contributed by atoms with Crippen molar-refractivity contribution >= 4 is 10.8 Å². The predicted octanol–water partition coefficient (Wildman–Crippen LogP) is 1.91. The fourth-order valence-corrected chi connectivity index (χ4v) is 2.46. The molecule has 0 spiro atoms. The first-order chi connectivity index (χ1) is 6.06. The third-order valence-electron chi connectivity index (χ3n) is 2.08. The van der Waals surface area contributed by atoms with E-state index in [1.54, 1.807) is 0 Å². The van der Waals surface area contributed by atoms with Crippen LogP contribution in [0.15, 0.2) is 0 Å². The third-order valence-corrected chi connectivity index (χ3v) is 3.62. The molecule has 0 aromatic rings. The lowest BCUT2D eigenvalue weighted by Crippen LogP contribution is -2.26. The molecule has 2 atom stereocenters. The molecule has 0 amide bonds. The molecule has 80 valence electrons. The van der Waals surface area contributed by atoms with E-state index in [1.165, 1.54) is 6.42 Å². The highest BCUT2D eigenvalue weighted by molar-refractivity contribution is 7.85. The summed E-state index contributed by atoms with van der Waals surface area (Å²) in [5.74, 6) is 2.22. The van der Waals surface area contributed by atoms with Gasteiger partial charge >= 0.3 is 0 Å². The Morgan fingerprint density at radius 2 is 2.00 bits per heavy atom. The highest BCUT2D eigenvalue weighted by atomic mass is 32.2. The van der Waals surface area contributed by atoms with Gasteiger partial charge in [0.2, 0.25) is 0 Å². The lowest BCUT2D eigenvalue weighted by molar-refractivity contribution is 0.574. The first-order valence-electron chi connectivity index (χ1n) is 5.16. The smallest absolute Gasteiger partial charge is 0.0386 e. The Kier molecular flexibility index (Phi) is 7.57. The van der Waals surface area contributed by atoms with Crippen molar-refractivity contribution in [2.45, 2.75) is 46.1 Å². The monoisotopic (exact) mass is 205 g/mol. The van der Waals surface area contributed by atoms with Gasteiger partial charge in [-0.2, -0.15) is 0 Å². The Labute approximate surface area is 84.7 Å². The van der Waals surface area contributed by atoms with Crippen molar-refractivity contribution in [1.82, 2.24) is 0 Å². The molecular formula is C10H23NOS. The lowest BCUT2D eigenvalue weighted by Gasteiger charge is -2.08. The van der Waals surface area contributed by atoms with E-state index in [0.29, 0.717) is 5.75 Å². The van der Waals surface area contributed by atoms with Gasteiger partial charge in [0.25, 0.3) is 0 Å². The molecule has 0 saturated heterocycles. The van der Waals surface area contributed by atoms with Gasteiger partial charge in [0.15, 0.2) is 0 Å². The average molecular weight is 205 g/mol. The average Bonchev–Trinajstić information content (AvgIpc) is 2.03. The minimum absolute atomic E-state index is 0.125. The standard InChI is InChI=1S/C10H23NOS/c1-4-10(11)8-13(12)7-5-6-9(2)3/h9-10H,4-8,11H2,1-3H3. The van der Waals surface area contributed by atoms with Crippen molar-refractivity contribution in [2.24, 2.45) is 11.7 Å². The van der Waals surface area contributed by atoms with Crippen LogP contribution in [0.3, 0.4) is 0 Å². The quantitative estimate of drug-likeness (QED) is 0.690. The van der Waals surface area contributed by atoms with E-state index in [-0.39, 0.29) is 6.04 Å². The zero-order valence-corrected chi connectivity index (χ0v) is 9.90. The van der Waals surface area contributed by atoms with Gasteiger partial charge in [-0.25, -0.2) is 0 Å². The van der Waals surface area contributed by atoms with Gasteiger partial charge in [-0.15, -0.1) is 0 Å². The molecule has 0 fully saturated rings. The first kappa shape index (κ1) is 13.1.